The van der Waals surface area contributed by atoms with E-state index in [0.29, 0.717) is 25.9 Å². The van der Waals surface area contributed by atoms with Crippen molar-refractivity contribution in [2.24, 2.45) is 17.8 Å². The first kappa shape index (κ1) is 17.7. The molecule has 0 saturated heterocycles. The number of hydrogen-bond acceptors (Lipinski definition) is 3. The van der Waals surface area contributed by atoms with Gasteiger partial charge in [-0.1, -0.05) is 19.6 Å². The lowest BCUT2D eigenvalue weighted by atomic mass is 9.47. The Morgan fingerprint density at radius 2 is 1.79 bits per heavy atom. The fourth-order valence-corrected chi connectivity index (χ4v) is 5.89. The summed E-state index contributed by atoms with van der Waals surface area (Å²) in [4.78, 5) is 24.3. The first-order chi connectivity index (χ1) is 11.0. The molecule has 4 aliphatic carbocycles. The Hall–Kier alpha value is -1.11. The van der Waals surface area contributed by atoms with Gasteiger partial charge in [0.05, 0.1) is 6.61 Å². The molecule has 0 aromatic rings. The summed E-state index contributed by atoms with van der Waals surface area (Å²) in [7, 11) is -1.32. The van der Waals surface area contributed by atoms with E-state index in [2.05, 4.69) is 25.0 Å². The van der Waals surface area contributed by atoms with E-state index >= 15 is 0 Å². The third-order valence-corrected chi connectivity index (χ3v) is 7.85. The summed E-state index contributed by atoms with van der Waals surface area (Å²) >= 11 is 0. The number of alkyl halides is 1. The molecule has 136 valence electrons. The van der Waals surface area contributed by atoms with Gasteiger partial charge in [-0.2, -0.15) is 0 Å². The van der Waals surface area contributed by atoms with E-state index in [1.165, 1.54) is 0 Å². The van der Waals surface area contributed by atoms with Gasteiger partial charge in [0.2, 0.25) is 0 Å². The van der Waals surface area contributed by atoms with Crippen LogP contribution in [-0.4, -0.2) is 43.1 Å². The van der Waals surface area contributed by atoms with Crippen molar-refractivity contribution < 1.29 is 23.8 Å². The van der Waals surface area contributed by atoms with Gasteiger partial charge in [-0.15, -0.1) is 0 Å². The minimum atomic E-state index is -1.36. The number of nitrogens with one attached hydrogen (secondary N) is 1. The summed E-state index contributed by atoms with van der Waals surface area (Å²) < 4.78 is 20.1. The molecule has 4 aliphatic rings. The molecule has 2 N–H and O–H groups in total. The first-order valence-corrected chi connectivity index (χ1v) is 12.6. The normalized spacial score (nSPS) is 40.4. The lowest BCUT2D eigenvalue weighted by molar-refractivity contribution is -0.175. The number of hydrogen-bond donors (Lipinski definition) is 2. The first-order valence-electron chi connectivity index (χ1n) is 8.91. The average molecular weight is 357 g/mol. The number of aliphatic carboxylic acids is 1. The zero-order chi connectivity index (χ0) is 17.8. The molecular formula is C17H28FNO4Si. The topological polar surface area (TPSA) is 75.6 Å². The van der Waals surface area contributed by atoms with Gasteiger partial charge >= 0.3 is 12.1 Å². The number of alkyl carbamates (subject to hydrolysis) is 1. The molecule has 4 fully saturated rings. The lowest BCUT2D eigenvalue weighted by Gasteiger charge is -2.60. The molecule has 0 radical (unpaired) electrons. The van der Waals surface area contributed by atoms with Crippen molar-refractivity contribution in [3.05, 3.63) is 0 Å². The Kier molecular flexibility index (Phi) is 4.21. The summed E-state index contributed by atoms with van der Waals surface area (Å²) in [5.74, 6) is -1.46. The number of amides is 1. The Balaban J connectivity index is 1.71. The molecule has 1 amide bonds. The van der Waals surface area contributed by atoms with Crippen molar-refractivity contribution in [1.82, 2.24) is 5.32 Å². The zero-order valence-corrected chi connectivity index (χ0v) is 15.7. The van der Waals surface area contributed by atoms with Crippen LogP contribution in [0.25, 0.3) is 0 Å². The summed E-state index contributed by atoms with van der Waals surface area (Å²) in [6, 6.07) is 0.836. The minimum Gasteiger partial charge on any atom is -0.479 e. The van der Waals surface area contributed by atoms with Gasteiger partial charge in [0.1, 0.15) is 11.2 Å². The van der Waals surface area contributed by atoms with Crippen molar-refractivity contribution in [1.29, 1.82) is 0 Å². The molecule has 0 aromatic heterocycles. The van der Waals surface area contributed by atoms with E-state index in [4.69, 9.17) is 4.74 Å². The number of rotatable bonds is 5. The molecular weight excluding hydrogens is 329 g/mol. The van der Waals surface area contributed by atoms with Crippen LogP contribution in [0, 0.1) is 17.8 Å². The molecule has 4 saturated carbocycles. The number of carbonyl (C=O) groups excluding carboxylic acids is 1. The van der Waals surface area contributed by atoms with Crippen LogP contribution in [0.3, 0.4) is 0 Å². The number of ether oxygens (including phenoxy) is 1. The maximum absolute atomic E-state index is 14.8. The number of carboxylic acids is 1. The van der Waals surface area contributed by atoms with Gasteiger partial charge in [0, 0.05) is 8.07 Å². The molecule has 0 spiro atoms. The molecule has 4 bridgehead atoms. The summed E-state index contributed by atoms with van der Waals surface area (Å²) in [6.07, 6.45) is 1.73. The van der Waals surface area contributed by atoms with Gasteiger partial charge in [0.15, 0.2) is 0 Å². The van der Waals surface area contributed by atoms with Crippen molar-refractivity contribution in [3.8, 4) is 0 Å². The number of carboxylic acid groups (broad SMARTS) is 1. The predicted molar refractivity (Wildman–Crippen MR) is 90.4 cm³/mol. The van der Waals surface area contributed by atoms with E-state index < -0.39 is 31.3 Å². The average Bonchev–Trinajstić information content (AvgIpc) is 2.39. The number of carbonyl (C=O) groups is 2. The van der Waals surface area contributed by atoms with Crippen LogP contribution in [0.15, 0.2) is 0 Å². The summed E-state index contributed by atoms with van der Waals surface area (Å²) in [5, 5.41) is 12.6. The summed E-state index contributed by atoms with van der Waals surface area (Å²) in [6.45, 7) is 6.87. The molecule has 3 unspecified atom stereocenters. The Morgan fingerprint density at radius 3 is 2.25 bits per heavy atom. The standard InChI is InChI=1S/C17H28FNO4Si/c1-24(2,3)5-4-23-15(22)19-17(14(20)21)12-6-11-7-13(17)10-16(18,8-11)9-12/h11-13H,4-10H2,1-3H3,(H,19,22)(H,20,21)/t11?,12-,13+,16?,17?. The Morgan fingerprint density at radius 1 is 1.21 bits per heavy atom. The quantitative estimate of drug-likeness (QED) is 0.739. The van der Waals surface area contributed by atoms with Gasteiger partial charge in [0.25, 0.3) is 0 Å². The smallest absolute Gasteiger partial charge is 0.408 e. The van der Waals surface area contributed by atoms with Gasteiger partial charge in [-0.3, -0.25) is 0 Å². The van der Waals surface area contributed by atoms with Crippen LogP contribution in [0.4, 0.5) is 9.18 Å². The molecule has 0 aliphatic heterocycles. The third kappa shape index (κ3) is 3.07. The SMILES string of the molecule is C[Si](C)(C)CCOC(=O)NC1(C(=O)O)[C@@H]2CC3C[C@H]1CC(F)(C3)C2. The molecule has 0 aromatic carbocycles. The maximum atomic E-state index is 14.8. The lowest BCUT2D eigenvalue weighted by Crippen LogP contribution is -2.72. The van der Waals surface area contributed by atoms with Crippen molar-refractivity contribution in [3.63, 3.8) is 0 Å². The molecule has 0 heterocycles. The van der Waals surface area contributed by atoms with Gasteiger partial charge in [-0.05, 0) is 55.9 Å². The summed E-state index contributed by atoms with van der Waals surface area (Å²) in [5.41, 5.74) is -2.60. The van der Waals surface area contributed by atoms with E-state index in [1.54, 1.807) is 0 Å². The van der Waals surface area contributed by atoms with E-state index in [9.17, 15) is 19.1 Å². The minimum absolute atomic E-state index is 0.238. The fraction of sp³-hybridized carbons (Fsp3) is 0.882. The van der Waals surface area contributed by atoms with Crippen LogP contribution in [0.1, 0.15) is 32.1 Å². The largest absolute Gasteiger partial charge is 0.479 e. The van der Waals surface area contributed by atoms with Crippen LogP contribution < -0.4 is 5.32 Å². The second-order valence-electron chi connectivity index (χ2n) is 9.24. The Labute approximate surface area is 143 Å². The highest BCUT2D eigenvalue weighted by Crippen LogP contribution is 2.61. The monoisotopic (exact) mass is 357 g/mol. The maximum Gasteiger partial charge on any atom is 0.408 e. The van der Waals surface area contributed by atoms with Gasteiger partial charge in [-0.25, -0.2) is 14.0 Å². The van der Waals surface area contributed by atoms with E-state index in [-0.39, 0.29) is 30.6 Å². The third-order valence-electron chi connectivity index (χ3n) is 6.15. The van der Waals surface area contributed by atoms with E-state index in [1.807, 2.05) is 0 Å². The zero-order valence-electron chi connectivity index (χ0n) is 14.7. The molecule has 5 atom stereocenters. The second-order valence-corrected chi connectivity index (χ2v) is 14.9. The van der Waals surface area contributed by atoms with Crippen molar-refractivity contribution in [2.45, 2.75) is 69.0 Å². The fourth-order valence-electron chi connectivity index (χ4n) is 5.17. The second kappa shape index (κ2) is 5.71. The highest BCUT2D eigenvalue weighted by Gasteiger charge is 2.66. The van der Waals surface area contributed by atoms with Crippen molar-refractivity contribution in [2.75, 3.05) is 6.61 Å². The molecule has 5 nitrogen and oxygen atoms in total. The van der Waals surface area contributed by atoms with Crippen LogP contribution in [0.5, 0.6) is 0 Å². The Bertz CT molecular complexity index is 531. The number of halogens is 1. The van der Waals surface area contributed by atoms with Crippen molar-refractivity contribution >= 4 is 20.1 Å². The van der Waals surface area contributed by atoms with Crippen LogP contribution >= 0.6 is 0 Å². The van der Waals surface area contributed by atoms with Crippen LogP contribution in [-0.2, 0) is 9.53 Å². The van der Waals surface area contributed by atoms with E-state index in [0.717, 1.165) is 6.04 Å². The molecule has 4 rings (SSSR count). The molecule has 24 heavy (non-hydrogen) atoms. The highest BCUT2D eigenvalue weighted by molar-refractivity contribution is 6.76. The van der Waals surface area contributed by atoms with Gasteiger partial charge < -0.3 is 15.2 Å². The highest BCUT2D eigenvalue weighted by atomic mass is 28.3. The van der Waals surface area contributed by atoms with Crippen LogP contribution in [0.2, 0.25) is 25.7 Å². The predicted octanol–water partition coefficient (Wildman–Crippen LogP) is 3.42. The molecule has 7 heteroatoms.